The number of hydrogen-bond acceptors (Lipinski definition) is 5. The number of aryl methyl sites for hydroxylation is 1. The van der Waals surface area contributed by atoms with Gasteiger partial charge in [-0.15, -0.1) is 10.2 Å². The Morgan fingerprint density at radius 1 is 1.25 bits per heavy atom. The second-order valence-corrected chi connectivity index (χ2v) is 2.59. The normalized spacial score (nSPS) is 10.4. The molecule has 6 N–H and O–H groups in total. The molecule has 6 heteroatoms. The van der Waals surface area contributed by atoms with Crippen LogP contribution in [0.2, 0.25) is 0 Å². The maximum atomic E-state index is 5.52. The van der Waals surface area contributed by atoms with Gasteiger partial charge in [-0.25, -0.2) is 4.68 Å². The molecule has 0 saturated heterocycles. The smallest absolute Gasteiger partial charge is 0.240 e. The minimum absolute atomic E-state index is 0.248. The van der Waals surface area contributed by atoms with E-state index in [1.807, 2.05) is 0 Å². The van der Waals surface area contributed by atoms with Crippen molar-refractivity contribution in [2.24, 2.45) is 5.73 Å². The van der Waals surface area contributed by atoms with Gasteiger partial charge in [0.25, 0.3) is 0 Å². The van der Waals surface area contributed by atoms with E-state index in [4.69, 9.17) is 17.3 Å². The molecule has 0 aliphatic rings. The van der Waals surface area contributed by atoms with Gasteiger partial charge in [0.05, 0.1) is 0 Å². The van der Waals surface area contributed by atoms with Gasteiger partial charge in [-0.3, -0.25) is 0 Å². The van der Waals surface area contributed by atoms with Gasteiger partial charge >= 0.3 is 0 Å². The molecule has 68 valence electrons. The maximum absolute atomic E-state index is 5.52. The number of unbranched alkanes of at least 4 members (excludes halogenated alkanes) is 1. The molecular weight excluding hydrogens is 156 g/mol. The zero-order valence-corrected chi connectivity index (χ0v) is 6.90. The van der Waals surface area contributed by atoms with Gasteiger partial charge < -0.3 is 17.3 Å². The highest BCUT2D eigenvalue weighted by atomic mass is 15.4. The Morgan fingerprint density at radius 3 is 2.50 bits per heavy atom. The van der Waals surface area contributed by atoms with Crippen LogP contribution in [-0.2, 0) is 6.42 Å². The Labute approximate surface area is 70.7 Å². The number of aromatic nitrogens is 3. The first-order chi connectivity index (χ1) is 5.75. The van der Waals surface area contributed by atoms with Crippen LogP contribution in [0.25, 0.3) is 0 Å². The van der Waals surface area contributed by atoms with E-state index in [1.165, 1.54) is 4.68 Å². The summed E-state index contributed by atoms with van der Waals surface area (Å²) in [5, 5.41) is 7.44. The molecular formula is C6H14N6. The second kappa shape index (κ2) is 3.91. The SMILES string of the molecule is NCCCCc1nnc(N)n1N. The molecule has 1 rings (SSSR count). The predicted octanol–water partition coefficient (Wildman–Crippen LogP) is -1.14. The van der Waals surface area contributed by atoms with Gasteiger partial charge in [0.1, 0.15) is 0 Å². The number of rotatable bonds is 4. The van der Waals surface area contributed by atoms with Gasteiger partial charge in [-0.05, 0) is 19.4 Å². The maximum Gasteiger partial charge on any atom is 0.240 e. The lowest BCUT2D eigenvalue weighted by atomic mass is 10.2. The highest BCUT2D eigenvalue weighted by Gasteiger charge is 2.04. The Bertz CT molecular complexity index is 242. The van der Waals surface area contributed by atoms with Crippen molar-refractivity contribution in [3.05, 3.63) is 5.82 Å². The first-order valence-electron chi connectivity index (χ1n) is 3.90. The summed E-state index contributed by atoms with van der Waals surface area (Å²) in [6.07, 6.45) is 2.70. The van der Waals surface area contributed by atoms with E-state index >= 15 is 0 Å². The van der Waals surface area contributed by atoms with E-state index < -0.39 is 0 Å². The van der Waals surface area contributed by atoms with Crippen LogP contribution in [0, 0.1) is 0 Å². The van der Waals surface area contributed by atoms with Crippen LogP contribution in [0.15, 0.2) is 0 Å². The number of anilines is 1. The topological polar surface area (TPSA) is 109 Å². The Kier molecular flexibility index (Phi) is 2.87. The number of nitrogens with two attached hydrogens (primary N) is 3. The first kappa shape index (κ1) is 8.79. The van der Waals surface area contributed by atoms with Crippen molar-refractivity contribution in [3.63, 3.8) is 0 Å². The largest absolute Gasteiger partial charge is 0.366 e. The van der Waals surface area contributed by atoms with Crippen LogP contribution in [0.1, 0.15) is 18.7 Å². The van der Waals surface area contributed by atoms with E-state index in [0.717, 1.165) is 19.3 Å². The molecule has 0 amide bonds. The van der Waals surface area contributed by atoms with Crippen molar-refractivity contribution in [1.29, 1.82) is 0 Å². The average Bonchev–Trinajstić information content (AvgIpc) is 2.36. The lowest BCUT2D eigenvalue weighted by Gasteiger charge is -1.99. The molecule has 0 radical (unpaired) electrons. The molecule has 0 aromatic carbocycles. The minimum atomic E-state index is 0.248. The number of hydrogen-bond donors (Lipinski definition) is 3. The summed E-state index contributed by atoms with van der Waals surface area (Å²) in [5.74, 6) is 6.48. The van der Waals surface area contributed by atoms with Crippen molar-refractivity contribution < 1.29 is 0 Å². The number of nitrogens with zero attached hydrogens (tertiary/aromatic N) is 3. The summed E-state index contributed by atoms with van der Waals surface area (Å²) in [6, 6.07) is 0. The summed E-state index contributed by atoms with van der Waals surface area (Å²) >= 11 is 0. The molecule has 0 bridgehead atoms. The van der Waals surface area contributed by atoms with Crippen LogP contribution in [-0.4, -0.2) is 21.4 Å². The van der Waals surface area contributed by atoms with Gasteiger partial charge in [-0.2, -0.15) is 0 Å². The molecule has 0 unspecified atom stereocenters. The molecule has 0 saturated carbocycles. The van der Waals surface area contributed by atoms with Gasteiger partial charge in [0.15, 0.2) is 5.82 Å². The average molecular weight is 170 g/mol. The highest BCUT2D eigenvalue weighted by molar-refractivity contribution is 5.16. The quantitative estimate of drug-likeness (QED) is 0.390. The van der Waals surface area contributed by atoms with E-state index in [9.17, 15) is 0 Å². The van der Waals surface area contributed by atoms with E-state index in [1.54, 1.807) is 0 Å². The Morgan fingerprint density at radius 2 is 2.00 bits per heavy atom. The Hall–Kier alpha value is -1.30. The molecule has 1 aromatic heterocycles. The third-order valence-electron chi connectivity index (χ3n) is 1.65. The van der Waals surface area contributed by atoms with Crippen LogP contribution >= 0.6 is 0 Å². The van der Waals surface area contributed by atoms with Crippen molar-refractivity contribution in [2.45, 2.75) is 19.3 Å². The summed E-state index contributed by atoms with van der Waals surface area (Å²) in [5.41, 5.74) is 10.7. The standard InChI is InChI=1S/C6H14N6/c7-4-2-1-3-5-10-11-6(8)12(5)9/h1-4,7,9H2,(H2,8,11). The molecule has 1 aromatic rings. The summed E-state index contributed by atoms with van der Waals surface area (Å²) < 4.78 is 1.30. The fourth-order valence-electron chi connectivity index (χ4n) is 0.935. The molecule has 0 aliphatic carbocycles. The molecule has 12 heavy (non-hydrogen) atoms. The first-order valence-corrected chi connectivity index (χ1v) is 3.90. The van der Waals surface area contributed by atoms with E-state index in [2.05, 4.69) is 10.2 Å². The lowest BCUT2D eigenvalue weighted by Crippen LogP contribution is -2.15. The summed E-state index contributed by atoms with van der Waals surface area (Å²) in [6.45, 7) is 0.689. The molecule has 6 nitrogen and oxygen atoms in total. The minimum Gasteiger partial charge on any atom is -0.366 e. The van der Waals surface area contributed by atoms with Gasteiger partial charge in [-0.1, -0.05) is 0 Å². The third-order valence-corrected chi connectivity index (χ3v) is 1.65. The highest BCUT2D eigenvalue weighted by Crippen LogP contribution is 2.02. The van der Waals surface area contributed by atoms with Crippen molar-refractivity contribution in [1.82, 2.24) is 14.9 Å². The summed E-state index contributed by atoms with van der Waals surface area (Å²) in [7, 11) is 0. The van der Waals surface area contributed by atoms with Crippen molar-refractivity contribution >= 4 is 5.95 Å². The molecule has 0 spiro atoms. The molecule has 0 fully saturated rings. The Balaban J connectivity index is 2.46. The molecule has 1 heterocycles. The fraction of sp³-hybridized carbons (Fsp3) is 0.667. The van der Waals surface area contributed by atoms with Crippen LogP contribution in [0.5, 0.6) is 0 Å². The van der Waals surface area contributed by atoms with Crippen LogP contribution < -0.4 is 17.3 Å². The van der Waals surface area contributed by atoms with Crippen molar-refractivity contribution in [2.75, 3.05) is 18.1 Å². The molecule has 0 atom stereocenters. The zero-order valence-electron chi connectivity index (χ0n) is 6.90. The van der Waals surface area contributed by atoms with E-state index in [-0.39, 0.29) is 5.95 Å². The third kappa shape index (κ3) is 1.85. The van der Waals surface area contributed by atoms with Crippen LogP contribution in [0.3, 0.4) is 0 Å². The van der Waals surface area contributed by atoms with Gasteiger partial charge in [0.2, 0.25) is 5.95 Å². The monoisotopic (exact) mass is 170 g/mol. The number of nitrogen functional groups attached to an aromatic ring is 2. The van der Waals surface area contributed by atoms with Gasteiger partial charge in [0, 0.05) is 6.42 Å². The lowest BCUT2D eigenvalue weighted by molar-refractivity contribution is 0.698. The predicted molar refractivity (Wildman–Crippen MR) is 46.6 cm³/mol. The van der Waals surface area contributed by atoms with Crippen molar-refractivity contribution in [3.8, 4) is 0 Å². The second-order valence-electron chi connectivity index (χ2n) is 2.59. The zero-order chi connectivity index (χ0) is 8.97. The molecule has 0 aliphatic heterocycles. The summed E-state index contributed by atoms with van der Waals surface area (Å²) in [4.78, 5) is 0. The fourth-order valence-corrected chi connectivity index (χ4v) is 0.935. The van der Waals surface area contributed by atoms with E-state index in [0.29, 0.717) is 12.4 Å². The van der Waals surface area contributed by atoms with Crippen LogP contribution in [0.4, 0.5) is 5.95 Å².